The van der Waals surface area contributed by atoms with E-state index in [4.69, 9.17) is 0 Å². The molecule has 0 aliphatic carbocycles. The van der Waals surface area contributed by atoms with Crippen molar-refractivity contribution in [2.75, 3.05) is 0 Å². The fourth-order valence-corrected chi connectivity index (χ4v) is 8.95. The topological polar surface area (TPSA) is 14.8 Å². The Hall–Kier alpha value is -6.00. The van der Waals surface area contributed by atoms with Crippen LogP contribution in [0.2, 0.25) is 0 Å². The molecule has 4 heterocycles. The molecular weight excluding hydrogens is 581 g/mol. The van der Waals surface area contributed by atoms with Crippen molar-refractivity contribution in [2.45, 2.75) is 13.8 Å². The molecular formula is C44H30BN3. The third kappa shape index (κ3) is 3.20. The number of aryl methyl sites for hydroxylation is 2. The van der Waals surface area contributed by atoms with Crippen molar-refractivity contribution in [2.24, 2.45) is 0 Å². The second-order valence-corrected chi connectivity index (χ2v) is 13.4. The molecule has 48 heavy (non-hydrogen) atoms. The summed E-state index contributed by atoms with van der Waals surface area (Å²) in [7, 11) is 0. The van der Waals surface area contributed by atoms with E-state index in [9.17, 15) is 0 Å². The first-order valence-corrected chi connectivity index (χ1v) is 16.8. The van der Waals surface area contributed by atoms with E-state index < -0.39 is 0 Å². The minimum atomic E-state index is -0.0188. The normalized spacial score (nSPS) is 12.8. The molecule has 3 nitrogen and oxygen atoms in total. The Morgan fingerprint density at radius 1 is 0.458 bits per heavy atom. The van der Waals surface area contributed by atoms with Gasteiger partial charge in [0.1, 0.15) is 0 Å². The van der Waals surface area contributed by atoms with Crippen molar-refractivity contribution in [3.8, 4) is 11.4 Å². The first-order chi connectivity index (χ1) is 23.7. The van der Waals surface area contributed by atoms with E-state index in [0.29, 0.717) is 0 Å². The lowest BCUT2D eigenvalue weighted by atomic mass is 9.47. The molecule has 0 saturated carbocycles. The number of fused-ring (bicyclic) bond motifs is 12. The predicted octanol–water partition coefficient (Wildman–Crippen LogP) is 9.57. The van der Waals surface area contributed by atoms with E-state index in [1.165, 1.54) is 98.8 Å². The molecule has 0 N–H and O–H groups in total. The van der Waals surface area contributed by atoms with Gasteiger partial charge in [-0.05, 0) is 72.8 Å². The highest BCUT2D eigenvalue weighted by molar-refractivity contribution is 6.88. The highest BCUT2D eigenvalue weighted by Gasteiger charge is 2.37. The molecule has 0 fully saturated rings. The van der Waals surface area contributed by atoms with Crippen LogP contribution in [0.15, 0.2) is 146 Å². The SMILES string of the molecule is Cc1ccc2c3ccc(C)c4c3n(c2c1)-c1ccccc1B4n1c2ccccc2c2ccc3c(c4ccccc4n3-c3ccccc3)c21. The van der Waals surface area contributed by atoms with Gasteiger partial charge in [-0.25, -0.2) is 0 Å². The van der Waals surface area contributed by atoms with Crippen LogP contribution in [-0.4, -0.2) is 20.5 Å². The third-order valence-electron chi connectivity index (χ3n) is 10.9. The van der Waals surface area contributed by atoms with Crippen molar-refractivity contribution in [3.05, 3.63) is 157 Å². The van der Waals surface area contributed by atoms with E-state index >= 15 is 0 Å². The number of hydrogen-bond acceptors (Lipinski definition) is 0. The summed E-state index contributed by atoms with van der Waals surface area (Å²) in [6, 6.07) is 54.1. The van der Waals surface area contributed by atoms with Gasteiger partial charge in [-0.3, -0.25) is 0 Å². The molecule has 3 aromatic heterocycles. The minimum Gasteiger partial charge on any atom is -0.375 e. The monoisotopic (exact) mass is 611 g/mol. The fourth-order valence-electron chi connectivity index (χ4n) is 8.95. The molecule has 0 unspecified atom stereocenters. The maximum atomic E-state index is 2.68. The highest BCUT2D eigenvalue weighted by Crippen LogP contribution is 2.42. The average Bonchev–Trinajstić information content (AvgIpc) is 3.76. The minimum absolute atomic E-state index is 0.0188. The van der Waals surface area contributed by atoms with Crippen LogP contribution in [0, 0.1) is 13.8 Å². The summed E-state index contributed by atoms with van der Waals surface area (Å²) in [4.78, 5) is 0. The largest absolute Gasteiger partial charge is 0.375 e. The molecule has 0 radical (unpaired) electrons. The summed E-state index contributed by atoms with van der Waals surface area (Å²) in [5, 5.41) is 7.77. The standard InChI is InChI=1S/C44H30BN3/c1-27-20-22-31-33-23-21-28(2)42-44(33)47(40(31)26-27)38-19-11-8-16-35(38)45(42)48-37-18-10-6-14-30(37)32-24-25-39-41(43(32)48)34-15-7-9-17-36(34)46(39)29-12-4-3-5-13-29/h3-26H,1-2H3. The van der Waals surface area contributed by atoms with Gasteiger partial charge < -0.3 is 13.6 Å². The Morgan fingerprint density at radius 2 is 1.12 bits per heavy atom. The maximum absolute atomic E-state index is 2.68. The molecule has 1 aliphatic heterocycles. The molecule has 7 aromatic carbocycles. The zero-order valence-corrected chi connectivity index (χ0v) is 26.8. The van der Waals surface area contributed by atoms with Gasteiger partial charge in [-0.15, -0.1) is 0 Å². The number of benzene rings is 7. The van der Waals surface area contributed by atoms with E-state index in [-0.39, 0.29) is 6.85 Å². The molecule has 1 aliphatic rings. The zero-order valence-electron chi connectivity index (χ0n) is 26.8. The predicted molar refractivity (Wildman–Crippen MR) is 204 cm³/mol. The first kappa shape index (κ1) is 26.1. The van der Waals surface area contributed by atoms with E-state index in [1.54, 1.807) is 0 Å². The number of aromatic nitrogens is 3. The number of rotatable bonds is 2. The van der Waals surface area contributed by atoms with Crippen LogP contribution in [0.5, 0.6) is 0 Å². The lowest BCUT2D eigenvalue weighted by molar-refractivity contribution is 1.17. The van der Waals surface area contributed by atoms with Crippen molar-refractivity contribution >= 4 is 83.2 Å². The van der Waals surface area contributed by atoms with Gasteiger partial charge in [-0.2, -0.15) is 0 Å². The molecule has 0 bridgehead atoms. The number of nitrogens with zero attached hydrogens (tertiary/aromatic N) is 3. The van der Waals surface area contributed by atoms with Crippen molar-refractivity contribution in [1.82, 2.24) is 13.6 Å². The first-order valence-electron chi connectivity index (χ1n) is 16.8. The Bertz CT molecular complexity index is 2980. The summed E-state index contributed by atoms with van der Waals surface area (Å²) in [6.45, 7) is 4.48. The van der Waals surface area contributed by atoms with Crippen LogP contribution >= 0.6 is 0 Å². The van der Waals surface area contributed by atoms with Gasteiger partial charge in [0.15, 0.2) is 0 Å². The summed E-state index contributed by atoms with van der Waals surface area (Å²) < 4.78 is 7.66. The van der Waals surface area contributed by atoms with E-state index in [2.05, 4.69) is 173 Å². The molecule has 0 saturated heterocycles. The quantitative estimate of drug-likeness (QED) is 0.173. The van der Waals surface area contributed by atoms with Crippen LogP contribution in [0.1, 0.15) is 11.1 Å². The van der Waals surface area contributed by atoms with Crippen LogP contribution < -0.4 is 10.9 Å². The second kappa shape index (κ2) is 9.30. The second-order valence-electron chi connectivity index (χ2n) is 13.4. The van der Waals surface area contributed by atoms with Gasteiger partial charge in [0.05, 0.1) is 22.1 Å². The Kier molecular flexibility index (Phi) is 5.06. The molecule has 0 spiro atoms. The van der Waals surface area contributed by atoms with Crippen molar-refractivity contribution < 1.29 is 0 Å². The van der Waals surface area contributed by atoms with Crippen LogP contribution in [0.25, 0.3) is 76.8 Å². The lowest BCUT2D eigenvalue weighted by Gasteiger charge is -2.29. The highest BCUT2D eigenvalue weighted by atomic mass is 15.0. The Labute approximate surface area is 278 Å². The third-order valence-corrected chi connectivity index (χ3v) is 10.9. The molecule has 10 aromatic rings. The fraction of sp³-hybridized carbons (Fsp3) is 0.0455. The van der Waals surface area contributed by atoms with Gasteiger partial charge in [0.25, 0.3) is 0 Å². The van der Waals surface area contributed by atoms with E-state index in [0.717, 1.165) is 0 Å². The summed E-state index contributed by atoms with van der Waals surface area (Å²) in [5.41, 5.74) is 15.3. The van der Waals surface area contributed by atoms with Gasteiger partial charge in [-0.1, -0.05) is 109 Å². The van der Waals surface area contributed by atoms with Crippen molar-refractivity contribution in [1.29, 1.82) is 0 Å². The van der Waals surface area contributed by atoms with Gasteiger partial charge in [0, 0.05) is 54.7 Å². The smallest absolute Gasteiger partial charge is 0.332 e. The Morgan fingerprint density at radius 3 is 2.00 bits per heavy atom. The van der Waals surface area contributed by atoms with Gasteiger partial charge in [0.2, 0.25) is 0 Å². The lowest BCUT2D eigenvalue weighted by Crippen LogP contribution is -2.54. The average molecular weight is 612 g/mol. The molecule has 224 valence electrons. The summed E-state index contributed by atoms with van der Waals surface area (Å²) >= 11 is 0. The Balaban J connectivity index is 1.38. The van der Waals surface area contributed by atoms with E-state index in [1.807, 2.05) is 0 Å². The number of hydrogen-bond donors (Lipinski definition) is 0. The number of para-hydroxylation sites is 4. The van der Waals surface area contributed by atoms with Crippen LogP contribution in [0.3, 0.4) is 0 Å². The summed E-state index contributed by atoms with van der Waals surface area (Å²) in [6.07, 6.45) is 0. The zero-order chi connectivity index (χ0) is 31.7. The molecule has 0 amide bonds. The summed E-state index contributed by atoms with van der Waals surface area (Å²) in [5.74, 6) is 0. The van der Waals surface area contributed by atoms with Gasteiger partial charge >= 0.3 is 6.85 Å². The van der Waals surface area contributed by atoms with Crippen molar-refractivity contribution in [3.63, 3.8) is 0 Å². The molecule has 0 atom stereocenters. The van der Waals surface area contributed by atoms with Crippen LogP contribution in [0.4, 0.5) is 0 Å². The molecule has 11 rings (SSSR count). The maximum Gasteiger partial charge on any atom is 0.332 e. The van der Waals surface area contributed by atoms with Crippen LogP contribution in [-0.2, 0) is 0 Å². The molecule has 4 heteroatoms.